The summed E-state index contributed by atoms with van der Waals surface area (Å²) in [5.74, 6) is -1.74. The molecule has 1 rings (SSSR count). The topological polar surface area (TPSA) is 52.6 Å². The maximum absolute atomic E-state index is 13.0. The number of hydrogen-bond acceptors (Lipinski definition) is 4. The van der Waals surface area contributed by atoms with E-state index in [1.165, 1.54) is 88.8 Å². The summed E-state index contributed by atoms with van der Waals surface area (Å²) in [6, 6.07) is 5.25. The van der Waals surface area contributed by atoms with Crippen LogP contribution in [-0.2, 0) is 14.3 Å². The van der Waals surface area contributed by atoms with Crippen molar-refractivity contribution in [3.05, 3.63) is 42.2 Å². The van der Waals surface area contributed by atoms with Gasteiger partial charge in [0.25, 0.3) is 0 Å². The van der Waals surface area contributed by atoms with Crippen molar-refractivity contribution in [1.82, 2.24) is 0 Å². The second kappa shape index (κ2) is 18.6. The average Bonchev–Trinajstić information content (AvgIpc) is 2.75. The molecule has 0 aromatic heterocycles. The van der Waals surface area contributed by atoms with Gasteiger partial charge in [-0.15, -0.1) is 0 Å². The molecule has 0 saturated carbocycles. The highest BCUT2D eigenvalue weighted by atomic mass is 19.1. The van der Waals surface area contributed by atoms with Crippen molar-refractivity contribution in [3.63, 3.8) is 0 Å². The molecule has 0 saturated heterocycles. The normalized spacial score (nSPS) is 11.0. The van der Waals surface area contributed by atoms with Gasteiger partial charge in [0, 0.05) is 18.2 Å². The van der Waals surface area contributed by atoms with Gasteiger partial charge in [-0.25, -0.2) is 14.0 Å². The molecule has 0 aliphatic carbocycles. The molecule has 0 spiro atoms. The van der Waals surface area contributed by atoms with Gasteiger partial charge in [-0.2, -0.15) is 0 Å². The first kappa shape index (κ1) is 26.9. The first-order chi connectivity index (χ1) is 15.1. The van der Waals surface area contributed by atoms with Crippen molar-refractivity contribution < 1.29 is 23.5 Å². The Balaban J connectivity index is 1.91. The summed E-state index contributed by atoms with van der Waals surface area (Å²) in [7, 11) is 0. The predicted octanol–water partition coefficient (Wildman–Crippen LogP) is 7.31. The van der Waals surface area contributed by atoms with E-state index in [4.69, 9.17) is 9.47 Å². The van der Waals surface area contributed by atoms with Crippen LogP contribution in [0, 0.1) is 5.82 Å². The third kappa shape index (κ3) is 16.2. The second-order valence-electron chi connectivity index (χ2n) is 7.98. The zero-order chi connectivity index (χ0) is 22.6. The smallest absolute Gasteiger partial charge is 0.336 e. The molecule has 4 nitrogen and oxygen atoms in total. The molecule has 5 heteroatoms. The zero-order valence-electron chi connectivity index (χ0n) is 19.1. The van der Waals surface area contributed by atoms with Gasteiger partial charge in [0.15, 0.2) is 0 Å². The molecular weight excluding hydrogens is 395 g/mol. The van der Waals surface area contributed by atoms with Crippen molar-refractivity contribution in [1.29, 1.82) is 0 Å². The Kier molecular flexibility index (Phi) is 16.1. The lowest BCUT2D eigenvalue weighted by molar-refractivity contribution is -0.138. The first-order valence-electron chi connectivity index (χ1n) is 11.9. The summed E-state index contributed by atoms with van der Waals surface area (Å²) in [5.41, 5.74) is 0. The number of benzene rings is 1. The van der Waals surface area contributed by atoms with Crippen molar-refractivity contribution in [3.8, 4) is 5.75 Å². The molecule has 174 valence electrons. The van der Waals surface area contributed by atoms with E-state index in [9.17, 15) is 14.0 Å². The molecule has 0 fully saturated rings. The molecule has 0 amide bonds. The summed E-state index contributed by atoms with van der Waals surface area (Å²) in [4.78, 5) is 23.2. The highest BCUT2D eigenvalue weighted by molar-refractivity contribution is 5.92. The van der Waals surface area contributed by atoms with Gasteiger partial charge in [0.2, 0.25) is 0 Å². The fourth-order valence-corrected chi connectivity index (χ4v) is 3.33. The summed E-state index contributed by atoms with van der Waals surface area (Å²) in [5, 5.41) is 0. The standard InChI is InChI=1S/C26H39FO4/c1-2-3-4-5-6-7-8-9-10-11-12-13-14-15-21-30-25(28)19-20-26(29)31-24-18-16-17-23(27)22-24/h16-20,22H,2-15,21H2,1H3/b20-19+. The van der Waals surface area contributed by atoms with E-state index in [1.807, 2.05) is 0 Å². The van der Waals surface area contributed by atoms with Gasteiger partial charge >= 0.3 is 11.9 Å². The Morgan fingerprint density at radius 2 is 1.29 bits per heavy atom. The Labute approximate surface area is 187 Å². The molecule has 1 aromatic carbocycles. The lowest BCUT2D eigenvalue weighted by atomic mass is 10.0. The monoisotopic (exact) mass is 434 g/mol. The van der Waals surface area contributed by atoms with Crippen LogP contribution in [0.4, 0.5) is 4.39 Å². The molecule has 0 aliphatic heterocycles. The number of halogens is 1. The van der Waals surface area contributed by atoms with Gasteiger partial charge in [-0.1, -0.05) is 96.5 Å². The third-order valence-electron chi connectivity index (χ3n) is 5.11. The molecule has 0 unspecified atom stereocenters. The van der Waals surface area contributed by atoms with E-state index in [2.05, 4.69) is 6.92 Å². The maximum atomic E-state index is 13.0. The molecule has 0 heterocycles. The van der Waals surface area contributed by atoms with Crippen LogP contribution in [0.2, 0.25) is 0 Å². The number of carbonyl (C=O) groups is 2. The molecule has 0 bridgehead atoms. The van der Waals surface area contributed by atoms with Crippen molar-refractivity contribution in [2.24, 2.45) is 0 Å². The minimum atomic E-state index is -0.751. The Hall–Kier alpha value is -2.17. The van der Waals surface area contributed by atoms with E-state index in [0.717, 1.165) is 37.5 Å². The van der Waals surface area contributed by atoms with Crippen LogP contribution in [0.25, 0.3) is 0 Å². The number of unbranched alkanes of at least 4 members (excludes halogenated alkanes) is 13. The summed E-state index contributed by atoms with van der Waals surface area (Å²) >= 11 is 0. The van der Waals surface area contributed by atoms with Crippen LogP contribution in [-0.4, -0.2) is 18.5 Å². The molecule has 0 aliphatic rings. The van der Waals surface area contributed by atoms with Crippen LogP contribution < -0.4 is 4.74 Å². The van der Waals surface area contributed by atoms with E-state index in [-0.39, 0.29) is 5.75 Å². The van der Waals surface area contributed by atoms with E-state index in [1.54, 1.807) is 0 Å². The minimum Gasteiger partial charge on any atom is -0.463 e. The fraction of sp³-hybridized carbons (Fsp3) is 0.615. The number of rotatable bonds is 18. The number of carbonyl (C=O) groups excluding carboxylic acids is 2. The second-order valence-corrected chi connectivity index (χ2v) is 7.98. The van der Waals surface area contributed by atoms with Crippen LogP contribution in [0.1, 0.15) is 96.8 Å². The minimum absolute atomic E-state index is 0.0884. The summed E-state index contributed by atoms with van der Waals surface area (Å²) < 4.78 is 23.0. The predicted molar refractivity (Wildman–Crippen MR) is 122 cm³/mol. The summed E-state index contributed by atoms with van der Waals surface area (Å²) in [6.45, 7) is 2.60. The van der Waals surface area contributed by atoms with Crippen LogP contribution >= 0.6 is 0 Å². The average molecular weight is 435 g/mol. The van der Waals surface area contributed by atoms with E-state index >= 15 is 0 Å². The highest BCUT2D eigenvalue weighted by Crippen LogP contribution is 2.13. The van der Waals surface area contributed by atoms with Gasteiger partial charge in [0.1, 0.15) is 11.6 Å². The Morgan fingerprint density at radius 1 is 0.774 bits per heavy atom. The van der Waals surface area contributed by atoms with Crippen LogP contribution in [0.5, 0.6) is 5.75 Å². The third-order valence-corrected chi connectivity index (χ3v) is 5.11. The van der Waals surface area contributed by atoms with E-state index < -0.39 is 17.8 Å². The van der Waals surface area contributed by atoms with Crippen molar-refractivity contribution >= 4 is 11.9 Å². The van der Waals surface area contributed by atoms with Gasteiger partial charge < -0.3 is 9.47 Å². The lowest BCUT2D eigenvalue weighted by Crippen LogP contribution is -2.07. The molecule has 1 aromatic rings. The first-order valence-corrected chi connectivity index (χ1v) is 11.9. The maximum Gasteiger partial charge on any atom is 0.336 e. The van der Waals surface area contributed by atoms with Crippen LogP contribution in [0.3, 0.4) is 0 Å². The Bertz CT molecular complexity index is 642. The molecule has 31 heavy (non-hydrogen) atoms. The fourth-order valence-electron chi connectivity index (χ4n) is 3.33. The van der Waals surface area contributed by atoms with E-state index in [0.29, 0.717) is 6.61 Å². The molecule has 0 N–H and O–H groups in total. The largest absolute Gasteiger partial charge is 0.463 e. The van der Waals surface area contributed by atoms with Gasteiger partial charge in [0.05, 0.1) is 6.61 Å². The number of hydrogen-bond donors (Lipinski definition) is 0. The number of esters is 2. The van der Waals surface area contributed by atoms with Crippen molar-refractivity contribution in [2.45, 2.75) is 96.8 Å². The zero-order valence-corrected chi connectivity index (χ0v) is 19.1. The van der Waals surface area contributed by atoms with Gasteiger partial charge in [-0.3, -0.25) is 0 Å². The highest BCUT2D eigenvalue weighted by Gasteiger charge is 2.04. The SMILES string of the molecule is CCCCCCCCCCCCCCCCOC(=O)/C=C/C(=O)Oc1cccc(F)c1. The van der Waals surface area contributed by atoms with Crippen LogP contribution in [0.15, 0.2) is 36.4 Å². The molecule has 0 atom stereocenters. The van der Waals surface area contributed by atoms with Crippen molar-refractivity contribution in [2.75, 3.05) is 6.61 Å². The lowest BCUT2D eigenvalue weighted by Gasteiger charge is -2.04. The molecular formula is C26H39FO4. The summed E-state index contributed by atoms with van der Waals surface area (Å²) in [6.07, 6.45) is 19.8. The molecule has 0 radical (unpaired) electrons. The number of ether oxygens (including phenoxy) is 2. The quantitative estimate of drug-likeness (QED) is 0.105. The Morgan fingerprint density at radius 3 is 1.84 bits per heavy atom. The van der Waals surface area contributed by atoms with Gasteiger partial charge in [-0.05, 0) is 18.6 Å².